The first-order valence-corrected chi connectivity index (χ1v) is 11.0. The molecular formula is C19H32O5Si. The summed E-state index contributed by atoms with van der Waals surface area (Å²) in [7, 11) is -2.90. The van der Waals surface area contributed by atoms with Gasteiger partial charge in [0.1, 0.15) is 5.75 Å². The lowest BCUT2D eigenvalue weighted by Crippen LogP contribution is -2.57. The fraction of sp³-hybridized carbons (Fsp3) is 0.684. The standard InChI is InChI=1S/C19H32O5Si/c1-7-21-25(22-8-2,23-9-3)17-10-11-18-16(12-17)14-20-19(6,24-18)13-15(4)5/h10-12,15H,7-9,13-14H2,1-6H3. The average molecular weight is 369 g/mol. The second kappa shape index (κ2) is 8.64. The summed E-state index contributed by atoms with van der Waals surface area (Å²) in [6, 6.07) is 6.05. The maximum absolute atomic E-state index is 6.15. The van der Waals surface area contributed by atoms with Gasteiger partial charge in [0.05, 0.1) is 6.61 Å². The van der Waals surface area contributed by atoms with Crippen molar-refractivity contribution in [1.82, 2.24) is 0 Å². The lowest BCUT2D eigenvalue weighted by Gasteiger charge is -2.37. The Bertz CT molecular complexity index is 546. The summed E-state index contributed by atoms with van der Waals surface area (Å²) >= 11 is 0. The molecule has 25 heavy (non-hydrogen) atoms. The van der Waals surface area contributed by atoms with Crippen molar-refractivity contribution in [3.63, 3.8) is 0 Å². The normalized spacial score (nSPS) is 20.4. The Hall–Kier alpha value is -0.923. The summed E-state index contributed by atoms with van der Waals surface area (Å²) < 4.78 is 30.2. The second-order valence-corrected chi connectivity index (χ2v) is 9.36. The maximum atomic E-state index is 6.15. The van der Waals surface area contributed by atoms with E-state index in [1.54, 1.807) is 0 Å². The molecule has 0 fully saturated rings. The molecule has 0 saturated carbocycles. The highest BCUT2D eigenvalue weighted by Gasteiger charge is 2.44. The van der Waals surface area contributed by atoms with Gasteiger partial charge in [0, 0.05) is 43.9 Å². The van der Waals surface area contributed by atoms with Gasteiger partial charge in [-0.2, -0.15) is 0 Å². The van der Waals surface area contributed by atoms with Gasteiger partial charge < -0.3 is 22.8 Å². The zero-order chi connectivity index (χ0) is 18.5. The van der Waals surface area contributed by atoms with Gasteiger partial charge in [-0.3, -0.25) is 0 Å². The molecule has 5 nitrogen and oxygen atoms in total. The molecule has 142 valence electrons. The Morgan fingerprint density at radius 2 is 1.68 bits per heavy atom. The highest BCUT2D eigenvalue weighted by molar-refractivity contribution is 6.75. The summed E-state index contributed by atoms with van der Waals surface area (Å²) in [5.41, 5.74) is 1.01. The Kier molecular flexibility index (Phi) is 7.05. The van der Waals surface area contributed by atoms with E-state index in [0.717, 1.165) is 22.9 Å². The van der Waals surface area contributed by atoms with E-state index in [4.69, 9.17) is 22.8 Å². The van der Waals surface area contributed by atoms with Crippen molar-refractivity contribution in [3.05, 3.63) is 23.8 Å². The lowest BCUT2D eigenvalue weighted by molar-refractivity contribution is -0.202. The molecular weight excluding hydrogens is 336 g/mol. The SMILES string of the molecule is CCO[Si](OCC)(OCC)c1ccc2c(c1)COC(C)(CC(C)C)O2. The predicted octanol–water partition coefficient (Wildman–Crippen LogP) is 3.61. The largest absolute Gasteiger partial charge is 0.537 e. The van der Waals surface area contributed by atoms with Crippen molar-refractivity contribution in [1.29, 1.82) is 0 Å². The molecule has 1 aliphatic rings. The van der Waals surface area contributed by atoms with Crippen LogP contribution in [0.1, 0.15) is 53.5 Å². The van der Waals surface area contributed by atoms with E-state index < -0.39 is 14.6 Å². The van der Waals surface area contributed by atoms with E-state index in [-0.39, 0.29) is 0 Å². The Labute approximate surface area is 152 Å². The molecule has 0 radical (unpaired) electrons. The van der Waals surface area contributed by atoms with Gasteiger partial charge in [0.15, 0.2) is 0 Å². The quantitative estimate of drug-likeness (QED) is 0.623. The molecule has 0 aromatic heterocycles. The third-order valence-corrected chi connectivity index (χ3v) is 7.08. The number of benzene rings is 1. The van der Waals surface area contributed by atoms with Crippen LogP contribution in [-0.2, 0) is 24.6 Å². The first-order chi connectivity index (χ1) is 11.9. The van der Waals surface area contributed by atoms with Crippen LogP contribution in [0.25, 0.3) is 0 Å². The molecule has 1 unspecified atom stereocenters. The Balaban J connectivity index is 2.31. The first kappa shape index (κ1) is 20.4. The molecule has 1 aromatic carbocycles. The fourth-order valence-electron chi connectivity index (χ4n) is 3.26. The minimum atomic E-state index is -2.90. The molecule has 1 atom stereocenters. The van der Waals surface area contributed by atoms with E-state index in [9.17, 15) is 0 Å². The predicted molar refractivity (Wildman–Crippen MR) is 100.0 cm³/mol. The lowest BCUT2D eigenvalue weighted by atomic mass is 10.0. The molecule has 1 heterocycles. The third kappa shape index (κ3) is 4.83. The van der Waals surface area contributed by atoms with Crippen molar-refractivity contribution in [2.24, 2.45) is 5.92 Å². The topological polar surface area (TPSA) is 46.2 Å². The minimum absolute atomic E-state index is 0.500. The van der Waals surface area contributed by atoms with Gasteiger partial charge in [0.2, 0.25) is 5.79 Å². The highest BCUT2D eigenvalue weighted by Crippen LogP contribution is 2.34. The molecule has 0 N–H and O–H groups in total. The van der Waals surface area contributed by atoms with Crippen LogP contribution in [0.3, 0.4) is 0 Å². The summed E-state index contributed by atoms with van der Waals surface area (Å²) in [4.78, 5) is 0. The monoisotopic (exact) mass is 368 g/mol. The molecule has 0 saturated heterocycles. The molecule has 2 rings (SSSR count). The number of hydrogen-bond donors (Lipinski definition) is 0. The van der Waals surface area contributed by atoms with Crippen molar-refractivity contribution < 1.29 is 22.8 Å². The summed E-state index contributed by atoms with van der Waals surface area (Å²) in [5, 5.41) is 0.955. The van der Waals surface area contributed by atoms with Gasteiger partial charge in [0.25, 0.3) is 0 Å². The molecule has 6 heteroatoms. The van der Waals surface area contributed by atoms with Crippen LogP contribution >= 0.6 is 0 Å². The minimum Gasteiger partial charge on any atom is -0.462 e. The molecule has 1 aromatic rings. The second-order valence-electron chi connectivity index (χ2n) is 6.80. The fourth-order valence-corrected chi connectivity index (χ4v) is 5.79. The van der Waals surface area contributed by atoms with E-state index >= 15 is 0 Å². The molecule has 0 aliphatic carbocycles. The number of ether oxygens (including phenoxy) is 2. The Morgan fingerprint density at radius 3 is 2.20 bits per heavy atom. The van der Waals surface area contributed by atoms with Gasteiger partial charge in [-0.15, -0.1) is 0 Å². The van der Waals surface area contributed by atoms with Crippen molar-refractivity contribution in [2.45, 2.75) is 60.4 Å². The highest BCUT2D eigenvalue weighted by atomic mass is 28.4. The van der Waals surface area contributed by atoms with Crippen LogP contribution in [0.15, 0.2) is 18.2 Å². The zero-order valence-corrected chi connectivity index (χ0v) is 17.4. The number of rotatable bonds is 9. The summed E-state index contributed by atoms with van der Waals surface area (Å²) in [6.07, 6.45) is 0.851. The van der Waals surface area contributed by atoms with Crippen molar-refractivity contribution in [2.75, 3.05) is 19.8 Å². The third-order valence-electron chi connectivity index (χ3n) is 4.06. The van der Waals surface area contributed by atoms with Crippen LogP contribution in [0.4, 0.5) is 0 Å². The number of hydrogen-bond acceptors (Lipinski definition) is 5. The van der Waals surface area contributed by atoms with E-state index in [2.05, 4.69) is 19.9 Å². The maximum Gasteiger partial charge on any atom is 0.537 e. The first-order valence-electron chi connectivity index (χ1n) is 9.26. The van der Waals surface area contributed by atoms with Crippen LogP contribution in [-0.4, -0.2) is 34.4 Å². The van der Waals surface area contributed by atoms with Crippen LogP contribution < -0.4 is 9.92 Å². The smallest absolute Gasteiger partial charge is 0.462 e. The van der Waals surface area contributed by atoms with Gasteiger partial charge >= 0.3 is 8.80 Å². The van der Waals surface area contributed by atoms with Gasteiger partial charge in [-0.05, 0) is 38.8 Å². The summed E-state index contributed by atoms with van der Waals surface area (Å²) in [6.45, 7) is 14.4. The van der Waals surface area contributed by atoms with Crippen LogP contribution in [0.5, 0.6) is 5.75 Å². The van der Waals surface area contributed by atoms with E-state index in [1.165, 1.54) is 0 Å². The molecule has 1 aliphatic heterocycles. The molecule has 0 spiro atoms. The summed E-state index contributed by atoms with van der Waals surface area (Å²) in [5.74, 6) is 0.794. The number of fused-ring (bicyclic) bond motifs is 1. The molecule has 0 amide bonds. The van der Waals surface area contributed by atoms with E-state index in [0.29, 0.717) is 32.3 Å². The van der Waals surface area contributed by atoms with E-state index in [1.807, 2.05) is 39.8 Å². The van der Waals surface area contributed by atoms with Gasteiger partial charge in [-0.25, -0.2) is 0 Å². The Morgan fingerprint density at radius 1 is 1.08 bits per heavy atom. The van der Waals surface area contributed by atoms with Crippen molar-refractivity contribution >= 4 is 14.0 Å². The van der Waals surface area contributed by atoms with Crippen molar-refractivity contribution in [3.8, 4) is 5.75 Å². The zero-order valence-electron chi connectivity index (χ0n) is 16.4. The average Bonchev–Trinajstić information content (AvgIpc) is 2.54. The van der Waals surface area contributed by atoms with Crippen LogP contribution in [0.2, 0.25) is 0 Å². The van der Waals surface area contributed by atoms with Gasteiger partial charge in [-0.1, -0.05) is 19.9 Å². The van der Waals surface area contributed by atoms with Crippen LogP contribution in [0, 0.1) is 5.92 Å². The molecule has 0 bridgehead atoms.